The van der Waals surface area contributed by atoms with E-state index in [1.54, 1.807) is 0 Å². The molecule has 0 unspecified atom stereocenters. The molecule has 1 aromatic carbocycles. The number of rotatable bonds is 8. The van der Waals surface area contributed by atoms with Crippen LogP contribution in [0, 0.1) is 5.41 Å². The Hall–Kier alpha value is -0.860. The summed E-state index contributed by atoms with van der Waals surface area (Å²) in [6.45, 7) is 5.95. The van der Waals surface area contributed by atoms with Gasteiger partial charge in [0.15, 0.2) is 0 Å². The Bertz CT molecular complexity index is 293. The lowest BCUT2D eigenvalue weighted by molar-refractivity contribution is 0.107. The molecule has 0 radical (unpaired) electrons. The van der Waals surface area contributed by atoms with Crippen molar-refractivity contribution in [2.24, 2.45) is 5.41 Å². The van der Waals surface area contributed by atoms with E-state index >= 15 is 0 Å². The van der Waals surface area contributed by atoms with Crippen LogP contribution >= 0.6 is 0 Å². The summed E-state index contributed by atoms with van der Waals surface area (Å²) in [6, 6.07) is 10.2. The summed E-state index contributed by atoms with van der Waals surface area (Å²) in [7, 11) is 0. The van der Waals surface area contributed by atoms with Gasteiger partial charge in [-0.25, -0.2) is 0 Å². The standard InChI is InChI=1S/C15H24O2/c1-15(2,13-16)10-6-7-11-17-12-14-8-4-3-5-9-14/h3-5,8-9,16H,6-7,10-13H2,1-2H3. The zero-order chi connectivity index (χ0) is 12.6. The molecular formula is C15H24O2. The fourth-order valence-electron chi connectivity index (χ4n) is 1.65. The minimum Gasteiger partial charge on any atom is -0.396 e. The molecule has 0 saturated carbocycles. The number of benzene rings is 1. The molecule has 1 aromatic rings. The molecule has 0 spiro atoms. The molecule has 0 atom stereocenters. The van der Waals surface area contributed by atoms with Crippen LogP contribution in [0.1, 0.15) is 38.7 Å². The minimum atomic E-state index is 0.0550. The van der Waals surface area contributed by atoms with Gasteiger partial charge in [0.2, 0.25) is 0 Å². The average molecular weight is 236 g/mol. The highest BCUT2D eigenvalue weighted by Crippen LogP contribution is 2.21. The molecule has 0 aliphatic heterocycles. The van der Waals surface area contributed by atoms with Crippen LogP contribution in [0.4, 0.5) is 0 Å². The molecule has 0 fully saturated rings. The van der Waals surface area contributed by atoms with E-state index in [0.29, 0.717) is 6.61 Å². The summed E-state index contributed by atoms with van der Waals surface area (Å²) in [4.78, 5) is 0. The van der Waals surface area contributed by atoms with Crippen LogP contribution in [0.3, 0.4) is 0 Å². The van der Waals surface area contributed by atoms with Gasteiger partial charge in [-0.2, -0.15) is 0 Å². The average Bonchev–Trinajstić information content (AvgIpc) is 2.35. The normalized spacial score (nSPS) is 11.7. The Morgan fingerprint density at radius 2 is 1.82 bits per heavy atom. The first kappa shape index (κ1) is 14.2. The second kappa shape index (κ2) is 7.46. The van der Waals surface area contributed by atoms with E-state index < -0.39 is 0 Å². The first-order chi connectivity index (χ1) is 8.14. The van der Waals surface area contributed by atoms with Crippen molar-refractivity contribution in [3.8, 4) is 0 Å². The van der Waals surface area contributed by atoms with Gasteiger partial charge in [0.05, 0.1) is 6.61 Å². The zero-order valence-electron chi connectivity index (χ0n) is 11.0. The Labute approximate surface area is 105 Å². The fraction of sp³-hybridized carbons (Fsp3) is 0.600. The first-order valence-electron chi connectivity index (χ1n) is 6.36. The highest BCUT2D eigenvalue weighted by Gasteiger charge is 2.15. The van der Waals surface area contributed by atoms with E-state index in [1.807, 2.05) is 18.2 Å². The predicted molar refractivity (Wildman–Crippen MR) is 70.8 cm³/mol. The van der Waals surface area contributed by atoms with Gasteiger partial charge >= 0.3 is 0 Å². The highest BCUT2D eigenvalue weighted by molar-refractivity contribution is 5.13. The lowest BCUT2D eigenvalue weighted by Gasteiger charge is -2.20. The van der Waals surface area contributed by atoms with E-state index in [4.69, 9.17) is 9.84 Å². The summed E-state index contributed by atoms with van der Waals surface area (Å²) in [5.41, 5.74) is 1.28. The number of ether oxygens (including phenoxy) is 1. The number of aliphatic hydroxyl groups is 1. The zero-order valence-corrected chi connectivity index (χ0v) is 11.0. The van der Waals surface area contributed by atoms with E-state index in [-0.39, 0.29) is 12.0 Å². The molecule has 0 saturated heterocycles. The summed E-state index contributed by atoms with van der Waals surface area (Å²) in [5.74, 6) is 0. The van der Waals surface area contributed by atoms with Crippen molar-refractivity contribution in [3.63, 3.8) is 0 Å². The molecule has 17 heavy (non-hydrogen) atoms. The van der Waals surface area contributed by atoms with Crippen molar-refractivity contribution in [1.29, 1.82) is 0 Å². The van der Waals surface area contributed by atoms with Crippen LogP contribution in [0.15, 0.2) is 30.3 Å². The highest BCUT2D eigenvalue weighted by atomic mass is 16.5. The Morgan fingerprint density at radius 3 is 2.47 bits per heavy atom. The SMILES string of the molecule is CC(C)(CO)CCCCOCc1ccccc1. The molecule has 0 heterocycles. The van der Waals surface area contributed by atoms with Crippen LogP contribution < -0.4 is 0 Å². The van der Waals surface area contributed by atoms with E-state index in [2.05, 4.69) is 26.0 Å². The van der Waals surface area contributed by atoms with Crippen molar-refractivity contribution in [2.45, 2.75) is 39.7 Å². The molecular weight excluding hydrogens is 212 g/mol. The Kier molecular flexibility index (Phi) is 6.23. The van der Waals surface area contributed by atoms with Crippen LogP contribution in [-0.4, -0.2) is 18.3 Å². The van der Waals surface area contributed by atoms with Crippen LogP contribution in [0.2, 0.25) is 0 Å². The van der Waals surface area contributed by atoms with Crippen molar-refractivity contribution in [2.75, 3.05) is 13.2 Å². The van der Waals surface area contributed by atoms with Gasteiger partial charge in [-0.05, 0) is 23.8 Å². The first-order valence-corrected chi connectivity index (χ1v) is 6.36. The quantitative estimate of drug-likeness (QED) is 0.701. The summed E-state index contributed by atoms with van der Waals surface area (Å²) in [5, 5.41) is 9.11. The largest absolute Gasteiger partial charge is 0.396 e. The molecule has 2 heteroatoms. The van der Waals surface area contributed by atoms with Crippen molar-refractivity contribution in [1.82, 2.24) is 0 Å². The molecule has 0 amide bonds. The second-order valence-corrected chi connectivity index (χ2v) is 5.32. The van der Waals surface area contributed by atoms with Gasteiger partial charge in [-0.3, -0.25) is 0 Å². The van der Waals surface area contributed by atoms with Crippen LogP contribution in [-0.2, 0) is 11.3 Å². The monoisotopic (exact) mass is 236 g/mol. The van der Waals surface area contributed by atoms with Crippen LogP contribution in [0.25, 0.3) is 0 Å². The summed E-state index contributed by atoms with van der Waals surface area (Å²) < 4.78 is 5.61. The van der Waals surface area contributed by atoms with Gasteiger partial charge in [0.25, 0.3) is 0 Å². The third kappa shape index (κ3) is 6.44. The number of unbranched alkanes of at least 4 members (excludes halogenated alkanes) is 1. The lowest BCUT2D eigenvalue weighted by Crippen LogP contribution is -2.16. The van der Waals surface area contributed by atoms with Crippen molar-refractivity contribution in [3.05, 3.63) is 35.9 Å². The van der Waals surface area contributed by atoms with Crippen LogP contribution in [0.5, 0.6) is 0 Å². The topological polar surface area (TPSA) is 29.5 Å². The van der Waals surface area contributed by atoms with Crippen molar-refractivity contribution >= 4 is 0 Å². The van der Waals surface area contributed by atoms with Crippen molar-refractivity contribution < 1.29 is 9.84 Å². The Morgan fingerprint density at radius 1 is 1.12 bits per heavy atom. The maximum absolute atomic E-state index is 9.11. The lowest BCUT2D eigenvalue weighted by atomic mass is 9.88. The van der Waals surface area contributed by atoms with E-state index in [0.717, 1.165) is 25.9 Å². The van der Waals surface area contributed by atoms with Gasteiger partial charge in [-0.1, -0.05) is 50.6 Å². The maximum Gasteiger partial charge on any atom is 0.0716 e. The fourth-order valence-corrected chi connectivity index (χ4v) is 1.65. The molecule has 0 aromatic heterocycles. The number of hydrogen-bond acceptors (Lipinski definition) is 2. The van der Waals surface area contributed by atoms with Gasteiger partial charge in [0, 0.05) is 13.2 Å². The maximum atomic E-state index is 9.11. The smallest absolute Gasteiger partial charge is 0.0716 e. The third-order valence-corrected chi connectivity index (χ3v) is 2.93. The third-order valence-electron chi connectivity index (χ3n) is 2.93. The van der Waals surface area contributed by atoms with E-state index in [9.17, 15) is 0 Å². The summed E-state index contributed by atoms with van der Waals surface area (Å²) >= 11 is 0. The predicted octanol–water partition coefficient (Wildman–Crippen LogP) is 3.39. The van der Waals surface area contributed by atoms with Gasteiger partial charge in [-0.15, -0.1) is 0 Å². The summed E-state index contributed by atoms with van der Waals surface area (Å²) in [6.07, 6.45) is 3.23. The molecule has 1 rings (SSSR count). The molecule has 96 valence electrons. The molecule has 1 N–H and O–H groups in total. The van der Waals surface area contributed by atoms with E-state index in [1.165, 1.54) is 5.56 Å². The molecule has 0 aliphatic rings. The molecule has 2 nitrogen and oxygen atoms in total. The molecule has 0 bridgehead atoms. The van der Waals surface area contributed by atoms with Gasteiger partial charge < -0.3 is 9.84 Å². The van der Waals surface area contributed by atoms with Gasteiger partial charge in [0.1, 0.15) is 0 Å². The second-order valence-electron chi connectivity index (χ2n) is 5.32. The number of aliphatic hydroxyl groups excluding tert-OH is 1. The Balaban J connectivity index is 2.02. The minimum absolute atomic E-state index is 0.0550. The number of hydrogen-bond donors (Lipinski definition) is 1. The molecule has 0 aliphatic carbocycles.